The molecule has 152 valence electrons. The summed E-state index contributed by atoms with van der Waals surface area (Å²) in [5.41, 5.74) is 1.75. The molecule has 0 amide bonds. The fourth-order valence-corrected chi connectivity index (χ4v) is 6.11. The van der Waals surface area contributed by atoms with Crippen molar-refractivity contribution in [3.05, 3.63) is 58.3 Å². The van der Waals surface area contributed by atoms with Crippen LogP contribution in [-0.2, 0) is 10.0 Å². The second-order valence-corrected chi connectivity index (χ2v) is 9.83. The van der Waals surface area contributed by atoms with Gasteiger partial charge in [-0.25, -0.2) is 32.3 Å². The van der Waals surface area contributed by atoms with E-state index in [2.05, 4.69) is 19.9 Å². The van der Waals surface area contributed by atoms with Crippen LogP contribution in [-0.4, -0.2) is 39.4 Å². The normalized spacial score (nSPS) is 14.2. The Hall–Kier alpha value is -2.60. The molecule has 1 saturated carbocycles. The second-order valence-electron chi connectivity index (χ2n) is 6.94. The molecular formula is C20H16IN5O3S. The highest BCUT2D eigenvalue weighted by Crippen LogP contribution is 2.45. The quantitative estimate of drug-likeness (QED) is 0.362. The van der Waals surface area contributed by atoms with Gasteiger partial charge in [0.2, 0.25) is 5.88 Å². The van der Waals surface area contributed by atoms with Crippen LogP contribution in [0.1, 0.15) is 24.5 Å². The molecule has 10 heteroatoms. The molecule has 3 heterocycles. The van der Waals surface area contributed by atoms with Crippen LogP contribution in [0.2, 0.25) is 0 Å². The van der Waals surface area contributed by atoms with Crippen molar-refractivity contribution >= 4 is 43.6 Å². The lowest BCUT2D eigenvalue weighted by Gasteiger charge is -2.12. The summed E-state index contributed by atoms with van der Waals surface area (Å²) in [5.74, 6) is 1.04. The average Bonchev–Trinajstić information content (AvgIpc) is 3.55. The summed E-state index contributed by atoms with van der Waals surface area (Å²) in [6.07, 6.45) is 5.16. The first-order chi connectivity index (χ1) is 14.5. The molecule has 30 heavy (non-hydrogen) atoms. The molecule has 8 nitrogen and oxygen atoms in total. The van der Waals surface area contributed by atoms with Crippen molar-refractivity contribution in [1.29, 1.82) is 0 Å². The third kappa shape index (κ3) is 3.14. The molecule has 1 aliphatic carbocycles. The monoisotopic (exact) mass is 533 g/mol. The van der Waals surface area contributed by atoms with Gasteiger partial charge in [-0.15, -0.1) is 0 Å². The van der Waals surface area contributed by atoms with E-state index in [9.17, 15) is 8.42 Å². The van der Waals surface area contributed by atoms with Crippen LogP contribution < -0.4 is 4.74 Å². The third-order valence-corrected chi connectivity index (χ3v) is 7.80. The number of fused-ring (bicyclic) bond motifs is 1. The minimum absolute atomic E-state index is 0.194. The summed E-state index contributed by atoms with van der Waals surface area (Å²) in [6.45, 7) is 0. The van der Waals surface area contributed by atoms with E-state index in [0.717, 1.165) is 18.5 Å². The second kappa shape index (κ2) is 7.27. The Bertz CT molecular complexity index is 1370. The summed E-state index contributed by atoms with van der Waals surface area (Å²) >= 11 is 2.00. The average molecular weight is 533 g/mol. The van der Waals surface area contributed by atoms with Gasteiger partial charge in [0.05, 0.1) is 21.4 Å². The summed E-state index contributed by atoms with van der Waals surface area (Å²) in [6, 6.07) is 10.1. The Morgan fingerprint density at radius 3 is 2.60 bits per heavy atom. The number of hydrogen-bond acceptors (Lipinski definition) is 7. The highest BCUT2D eigenvalue weighted by Gasteiger charge is 2.32. The van der Waals surface area contributed by atoms with Crippen LogP contribution in [0.5, 0.6) is 5.88 Å². The van der Waals surface area contributed by atoms with Crippen LogP contribution in [0.25, 0.3) is 22.4 Å². The number of ether oxygens (including phenoxy) is 1. The molecule has 0 N–H and O–H groups in total. The smallest absolute Gasteiger partial charge is 0.270 e. The number of methoxy groups -OCH3 is 1. The van der Waals surface area contributed by atoms with Crippen LogP contribution >= 0.6 is 22.6 Å². The fourth-order valence-electron chi connectivity index (χ4n) is 3.40. The maximum atomic E-state index is 13.3. The zero-order valence-electron chi connectivity index (χ0n) is 15.9. The van der Waals surface area contributed by atoms with Crippen molar-refractivity contribution in [2.75, 3.05) is 7.11 Å². The molecular weight excluding hydrogens is 517 g/mol. The zero-order chi connectivity index (χ0) is 20.9. The van der Waals surface area contributed by atoms with E-state index < -0.39 is 10.0 Å². The minimum atomic E-state index is -3.83. The first kappa shape index (κ1) is 19.4. The Balaban J connectivity index is 1.75. The molecule has 0 aliphatic heterocycles. The molecule has 1 aromatic carbocycles. The van der Waals surface area contributed by atoms with E-state index in [1.807, 2.05) is 22.6 Å². The maximum absolute atomic E-state index is 13.3. The summed E-state index contributed by atoms with van der Waals surface area (Å²) in [5, 5.41) is 0.631. The Morgan fingerprint density at radius 2 is 1.90 bits per heavy atom. The zero-order valence-corrected chi connectivity index (χ0v) is 18.8. The fraction of sp³-hybridized carbons (Fsp3) is 0.200. The van der Waals surface area contributed by atoms with E-state index >= 15 is 0 Å². The number of halogens is 1. The summed E-state index contributed by atoms with van der Waals surface area (Å²) < 4.78 is 33.9. The van der Waals surface area contributed by atoms with Gasteiger partial charge in [-0.2, -0.15) is 0 Å². The van der Waals surface area contributed by atoms with Crippen molar-refractivity contribution in [2.24, 2.45) is 0 Å². The molecule has 0 atom stereocenters. The van der Waals surface area contributed by atoms with Crippen molar-refractivity contribution in [2.45, 2.75) is 23.7 Å². The van der Waals surface area contributed by atoms with Gasteiger partial charge < -0.3 is 4.74 Å². The lowest BCUT2D eigenvalue weighted by atomic mass is 10.1. The number of aromatic nitrogens is 5. The standard InChI is InChI=1S/C20H16IN5O3S/c1-29-20-16(17(12-7-8-12)23-11-24-20)18-22-10-13-9-15(21)26(19(13)25-18)30(27,28)14-5-3-2-4-6-14/h2-6,9-12H,7-8H2,1H3. The largest absolute Gasteiger partial charge is 0.480 e. The van der Waals surface area contributed by atoms with E-state index in [1.54, 1.807) is 42.6 Å². The highest BCUT2D eigenvalue weighted by atomic mass is 127. The number of hydrogen-bond donors (Lipinski definition) is 0. The Labute approximate surface area is 186 Å². The maximum Gasteiger partial charge on any atom is 0.270 e. The molecule has 0 saturated heterocycles. The number of nitrogens with zero attached hydrogens (tertiary/aromatic N) is 5. The van der Waals surface area contributed by atoms with Crippen LogP contribution in [0, 0.1) is 3.70 Å². The third-order valence-electron chi connectivity index (χ3n) is 4.96. The number of benzene rings is 1. The molecule has 0 bridgehead atoms. The minimum Gasteiger partial charge on any atom is -0.480 e. The van der Waals surface area contributed by atoms with Crippen LogP contribution in [0.3, 0.4) is 0 Å². The van der Waals surface area contributed by atoms with E-state index in [-0.39, 0.29) is 4.90 Å². The van der Waals surface area contributed by atoms with Gasteiger partial charge in [-0.05, 0) is 53.6 Å². The molecule has 4 aromatic rings. The lowest BCUT2D eigenvalue weighted by molar-refractivity contribution is 0.397. The van der Waals surface area contributed by atoms with Gasteiger partial charge in [-0.1, -0.05) is 18.2 Å². The molecule has 1 aliphatic rings. The van der Waals surface area contributed by atoms with Gasteiger partial charge >= 0.3 is 0 Å². The number of rotatable bonds is 5. The Kier molecular flexibility index (Phi) is 4.69. The van der Waals surface area contributed by atoms with Gasteiger partial charge in [-0.3, -0.25) is 0 Å². The van der Waals surface area contributed by atoms with Gasteiger partial charge in [0, 0.05) is 17.5 Å². The molecule has 0 radical (unpaired) electrons. The molecule has 3 aromatic heterocycles. The highest BCUT2D eigenvalue weighted by molar-refractivity contribution is 14.1. The first-order valence-corrected chi connectivity index (χ1v) is 11.8. The van der Waals surface area contributed by atoms with Crippen molar-refractivity contribution in [3.8, 4) is 17.3 Å². The first-order valence-electron chi connectivity index (χ1n) is 9.24. The Morgan fingerprint density at radius 1 is 1.13 bits per heavy atom. The van der Waals surface area contributed by atoms with Crippen molar-refractivity contribution in [3.63, 3.8) is 0 Å². The molecule has 1 fully saturated rings. The molecule has 0 spiro atoms. The van der Waals surface area contributed by atoms with E-state index in [4.69, 9.17) is 4.74 Å². The van der Waals surface area contributed by atoms with Gasteiger partial charge in [0.15, 0.2) is 11.5 Å². The molecule has 5 rings (SSSR count). The molecule has 0 unspecified atom stereocenters. The van der Waals surface area contributed by atoms with Gasteiger partial charge in [0.1, 0.15) is 11.9 Å². The van der Waals surface area contributed by atoms with E-state index in [0.29, 0.717) is 37.9 Å². The van der Waals surface area contributed by atoms with Crippen LogP contribution in [0.15, 0.2) is 53.8 Å². The predicted octanol–water partition coefficient (Wildman–Crippen LogP) is 3.62. The topological polar surface area (TPSA) is 99.9 Å². The van der Waals surface area contributed by atoms with Crippen LogP contribution in [0.4, 0.5) is 0 Å². The van der Waals surface area contributed by atoms with Gasteiger partial charge in [0.25, 0.3) is 10.0 Å². The van der Waals surface area contributed by atoms with Crippen molar-refractivity contribution < 1.29 is 13.2 Å². The summed E-state index contributed by atoms with van der Waals surface area (Å²) in [7, 11) is -2.29. The predicted molar refractivity (Wildman–Crippen MR) is 119 cm³/mol. The van der Waals surface area contributed by atoms with Crippen molar-refractivity contribution in [1.82, 2.24) is 23.9 Å². The van der Waals surface area contributed by atoms with E-state index in [1.165, 1.54) is 17.4 Å². The lowest BCUT2D eigenvalue weighted by Crippen LogP contribution is -2.15. The summed E-state index contributed by atoms with van der Waals surface area (Å²) in [4.78, 5) is 18.0. The SMILES string of the molecule is COc1ncnc(C2CC2)c1-c1ncc2cc(I)n(S(=O)(=O)c3ccccc3)c2n1.